The van der Waals surface area contributed by atoms with E-state index >= 15 is 0 Å². The number of hydrogen-bond donors (Lipinski definition) is 2. The molecule has 28 heavy (non-hydrogen) atoms. The summed E-state index contributed by atoms with van der Waals surface area (Å²) in [7, 11) is 0. The van der Waals surface area contributed by atoms with Crippen molar-refractivity contribution in [2.45, 2.75) is 0 Å². The molecule has 0 aromatic heterocycles. The topological polar surface area (TPSA) is 83.1 Å². The zero-order chi connectivity index (χ0) is 19.9. The summed E-state index contributed by atoms with van der Waals surface area (Å²) >= 11 is 12.4. The highest BCUT2D eigenvalue weighted by Crippen LogP contribution is 2.26. The van der Waals surface area contributed by atoms with Crippen molar-refractivity contribution in [2.75, 3.05) is 78.8 Å². The summed E-state index contributed by atoms with van der Waals surface area (Å²) in [6.07, 6.45) is 0. The largest absolute Gasteiger partial charge is 0.379 e. The van der Waals surface area contributed by atoms with Crippen LogP contribution in [-0.4, -0.2) is 100 Å². The average Bonchev–Trinajstić information content (AvgIpc) is 2.73. The van der Waals surface area contributed by atoms with Crippen LogP contribution < -0.4 is 10.6 Å². The first kappa shape index (κ1) is 21.5. The Hall–Kier alpha value is -1.16. The van der Waals surface area contributed by atoms with E-state index in [-0.39, 0.29) is 21.5 Å². The Labute approximate surface area is 174 Å². The number of nitrogens with one attached hydrogen (secondary N) is 2. The molecule has 156 valence electrons. The number of ether oxygens (including phenoxy) is 2. The molecule has 0 bridgehead atoms. The average molecular weight is 433 g/mol. The summed E-state index contributed by atoms with van der Waals surface area (Å²) in [4.78, 5) is 29.6. The van der Waals surface area contributed by atoms with Crippen LogP contribution in [0.3, 0.4) is 0 Å². The highest BCUT2D eigenvalue weighted by atomic mass is 35.5. The van der Waals surface area contributed by atoms with Crippen LogP contribution in [0.2, 0.25) is 0 Å². The van der Waals surface area contributed by atoms with Crippen LogP contribution >= 0.6 is 23.2 Å². The third-order valence-corrected chi connectivity index (χ3v) is 5.68. The molecule has 2 saturated heterocycles. The molecule has 3 aliphatic rings. The number of carbonyl (C=O) groups is 2. The molecule has 10 heteroatoms. The first-order valence-corrected chi connectivity index (χ1v) is 10.3. The lowest BCUT2D eigenvalue weighted by Gasteiger charge is -2.28. The van der Waals surface area contributed by atoms with E-state index in [1.165, 1.54) is 0 Å². The summed E-state index contributed by atoms with van der Waals surface area (Å²) in [5, 5.41) is 5.73. The van der Waals surface area contributed by atoms with Crippen LogP contribution in [0.15, 0.2) is 21.5 Å². The predicted octanol–water partition coefficient (Wildman–Crippen LogP) is -0.117. The Kier molecular flexibility index (Phi) is 8.13. The maximum absolute atomic E-state index is 12.6. The van der Waals surface area contributed by atoms with Crippen LogP contribution in [0.5, 0.6) is 0 Å². The second-order valence-corrected chi connectivity index (χ2v) is 7.55. The molecule has 3 rings (SSSR count). The van der Waals surface area contributed by atoms with Gasteiger partial charge in [-0.15, -0.1) is 0 Å². The normalized spacial score (nSPS) is 22.8. The number of ketones is 2. The standard InChI is InChI=1S/C18H26Cl2N4O4/c19-13-15(21-1-3-23-5-9-27-10-6-23)17(25)14(20)16(18(13)26)22-2-4-24-7-11-28-12-8-24/h21-22H,1-12H2. The quantitative estimate of drug-likeness (QED) is 0.513. The van der Waals surface area contributed by atoms with Crippen LogP contribution in [0.1, 0.15) is 0 Å². The molecule has 2 aliphatic heterocycles. The lowest BCUT2D eigenvalue weighted by atomic mass is 10.1. The third-order valence-electron chi connectivity index (χ3n) is 4.96. The molecular formula is C18H26Cl2N4O4. The second-order valence-electron chi connectivity index (χ2n) is 6.80. The highest BCUT2D eigenvalue weighted by Gasteiger charge is 2.33. The van der Waals surface area contributed by atoms with Gasteiger partial charge in [-0.1, -0.05) is 23.2 Å². The maximum atomic E-state index is 12.6. The molecule has 8 nitrogen and oxygen atoms in total. The minimum absolute atomic E-state index is 0.0728. The predicted molar refractivity (Wildman–Crippen MR) is 106 cm³/mol. The van der Waals surface area contributed by atoms with Gasteiger partial charge in [0.1, 0.15) is 21.5 Å². The van der Waals surface area contributed by atoms with Gasteiger partial charge in [0.2, 0.25) is 11.6 Å². The van der Waals surface area contributed by atoms with E-state index in [0.29, 0.717) is 39.5 Å². The molecule has 0 aromatic carbocycles. The zero-order valence-electron chi connectivity index (χ0n) is 15.8. The Morgan fingerprint density at radius 2 is 1.07 bits per heavy atom. The first-order valence-electron chi connectivity index (χ1n) is 9.55. The van der Waals surface area contributed by atoms with Gasteiger partial charge >= 0.3 is 0 Å². The van der Waals surface area contributed by atoms with Gasteiger partial charge < -0.3 is 20.1 Å². The molecule has 0 spiro atoms. The molecule has 1 aliphatic carbocycles. The van der Waals surface area contributed by atoms with Crippen molar-refractivity contribution in [3.8, 4) is 0 Å². The van der Waals surface area contributed by atoms with Crippen molar-refractivity contribution >= 4 is 34.8 Å². The third kappa shape index (κ3) is 5.46. The maximum Gasteiger partial charge on any atom is 0.224 e. The molecule has 2 heterocycles. The number of morpholine rings is 2. The van der Waals surface area contributed by atoms with Crippen molar-refractivity contribution in [3.63, 3.8) is 0 Å². The van der Waals surface area contributed by atoms with Gasteiger partial charge in [-0.2, -0.15) is 0 Å². The van der Waals surface area contributed by atoms with Crippen LogP contribution in [-0.2, 0) is 19.1 Å². The van der Waals surface area contributed by atoms with Crippen molar-refractivity contribution < 1.29 is 19.1 Å². The number of nitrogens with zero attached hydrogens (tertiary/aromatic N) is 2. The Morgan fingerprint density at radius 1 is 0.714 bits per heavy atom. The summed E-state index contributed by atoms with van der Waals surface area (Å²) < 4.78 is 10.6. The Balaban J connectivity index is 1.51. The van der Waals surface area contributed by atoms with Gasteiger partial charge in [-0.25, -0.2) is 0 Å². The monoisotopic (exact) mass is 432 g/mol. The van der Waals surface area contributed by atoms with Gasteiger partial charge in [-0.3, -0.25) is 19.4 Å². The summed E-state index contributed by atoms with van der Waals surface area (Å²) in [5.74, 6) is -0.913. The van der Waals surface area contributed by atoms with Crippen LogP contribution in [0.25, 0.3) is 0 Å². The molecule has 0 unspecified atom stereocenters. The number of hydrogen-bond acceptors (Lipinski definition) is 8. The van der Waals surface area contributed by atoms with E-state index in [0.717, 1.165) is 39.3 Å². The fourth-order valence-electron chi connectivity index (χ4n) is 3.29. The molecule has 0 aromatic rings. The Morgan fingerprint density at radius 3 is 1.43 bits per heavy atom. The van der Waals surface area contributed by atoms with Crippen molar-refractivity contribution in [3.05, 3.63) is 21.5 Å². The van der Waals surface area contributed by atoms with E-state index in [1.54, 1.807) is 0 Å². The van der Waals surface area contributed by atoms with E-state index in [2.05, 4.69) is 20.4 Å². The number of allylic oxidation sites excluding steroid dienone is 2. The van der Waals surface area contributed by atoms with Crippen LogP contribution in [0, 0.1) is 0 Å². The van der Waals surface area contributed by atoms with Gasteiger partial charge in [0.05, 0.1) is 26.4 Å². The minimum Gasteiger partial charge on any atom is -0.379 e. The van der Waals surface area contributed by atoms with Crippen molar-refractivity contribution in [1.29, 1.82) is 0 Å². The van der Waals surface area contributed by atoms with E-state index in [1.807, 2.05) is 0 Å². The van der Waals surface area contributed by atoms with Gasteiger partial charge in [-0.05, 0) is 0 Å². The summed E-state index contributed by atoms with van der Waals surface area (Å²) in [6.45, 7) is 8.64. The molecule has 0 atom stereocenters. The number of halogens is 2. The minimum atomic E-state index is -0.456. The molecule has 2 N–H and O–H groups in total. The second kappa shape index (κ2) is 10.6. The van der Waals surface area contributed by atoms with Gasteiger partial charge in [0.25, 0.3) is 0 Å². The zero-order valence-corrected chi connectivity index (χ0v) is 17.3. The van der Waals surface area contributed by atoms with Gasteiger partial charge in [0, 0.05) is 52.4 Å². The van der Waals surface area contributed by atoms with E-state index < -0.39 is 11.6 Å². The molecular weight excluding hydrogens is 407 g/mol. The summed E-state index contributed by atoms with van der Waals surface area (Å²) in [5.41, 5.74) is 0.146. The smallest absolute Gasteiger partial charge is 0.224 e. The van der Waals surface area contributed by atoms with Gasteiger partial charge in [0.15, 0.2) is 0 Å². The molecule has 2 fully saturated rings. The number of rotatable bonds is 8. The molecule has 0 saturated carbocycles. The van der Waals surface area contributed by atoms with E-state index in [4.69, 9.17) is 32.7 Å². The van der Waals surface area contributed by atoms with Crippen molar-refractivity contribution in [1.82, 2.24) is 20.4 Å². The SMILES string of the molecule is O=C1C(Cl)=C(NCCN2CCOCC2)C(=O)C(Cl)=C1NCCN1CCOCC1. The number of carbonyl (C=O) groups excluding carboxylic acids is 2. The molecule has 0 amide bonds. The number of Topliss-reactive ketones (excluding diaryl/α,β-unsaturated/α-hetero) is 2. The lowest BCUT2D eigenvalue weighted by molar-refractivity contribution is -0.116. The van der Waals surface area contributed by atoms with E-state index in [9.17, 15) is 9.59 Å². The van der Waals surface area contributed by atoms with Crippen LogP contribution in [0.4, 0.5) is 0 Å². The van der Waals surface area contributed by atoms with Crippen molar-refractivity contribution in [2.24, 2.45) is 0 Å². The first-order chi connectivity index (χ1) is 13.6. The fourth-order valence-corrected chi connectivity index (χ4v) is 3.78. The lowest BCUT2D eigenvalue weighted by Crippen LogP contribution is -2.42. The highest BCUT2D eigenvalue weighted by molar-refractivity contribution is 6.55. The molecule has 0 radical (unpaired) electrons. The summed E-state index contributed by atoms with van der Waals surface area (Å²) in [6, 6.07) is 0. The fraction of sp³-hybridized carbons (Fsp3) is 0.667. The Bertz CT molecular complexity index is 600.